The molecular formula is C48H77N5O10. The lowest BCUT2D eigenvalue weighted by Crippen LogP contribution is -2.59. The van der Waals surface area contributed by atoms with E-state index in [1.165, 1.54) is 13.8 Å². The first-order chi connectivity index (χ1) is 29.5. The van der Waals surface area contributed by atoms with Crippen molar-refractivity contribution in [1.29, 1.82) is 5.26 Å². The zero-order valence-corrected chi connectivity index (χ0v) is 39.5. The summed E-state index contributed by atoms with van der Waals surface area (Å²) in [5, 5.41) is 74.3. The summed E-state index contributed by atoms with van der Waals surface area (Å²) in [5.74, 6) is -3.06. The first kappa shape index (κ1) is 52.2. The molecule has 2 aromatic carbocycles. The normalized spacial score (nSPS) is 35.8. The fourth-order valence-corrected chi connectivity index (χ4v) is 9.85. The molecule has 0 aromatic heterocycles. The molecule has 354 valence electrons. The number of amides is 2. The van der Waals surface area contributed by atoms with Gasteiger partial charge in [-0.3, -0.25) is 9.69 Å². The van der Waals surface area contributed by atoms with Crippen molar-refractivity contribution in [3.05, 3.63) is 48.0 Å². The van der Waals surface area contributed by atoms with E-state index in [0.29, 0.717) is 25.9 Å². The molecule has 1 unspecified atom stereocenters. The van der Waals surface area contributed by atoms with Gasteiger partial charge in [-0.2, -0.15) is 5.26 Å². The number of cyclic esters (lactones) is 1. The van der Waals surface area contributed by atoms with E-state index in [-0.39, 0.29) is 62.5 Å². The molecule has 15 nitrogen and oxygen atoms in total. The number of aliphatic hydroxyl groups is 5. The van der Waals surface area contributed by atoms with Crippen LogP contribution in [0.15, 0.2) is 42.5 Å². The third kappa shape index (κ3) is 12.9. The number of ether oxygens (including phenoxy) is 3. The van der Waals surface area contributed by atoms with Crippen molar-refractivity contribution in [3.8, 4) is 6.07 Å². The van der Waals surface area contributed by atoms with Crippen molar-refractivity contribution in [1.82, 2.24) is 20.0 Å². The Labute approximate surface area is 375 Å². The molecule has 6 N–H and O–H groups in total. The third-order valence-corrected chi connectivity index (χ3v) is 13.6. The number of aliphatic hydroxyl groups excluding tert-OH is 3. The highest BCUT2D eigenvalue weighted by atomic mass is 16.7. The summed E-state index contributed by atoms with van der Waals surface area (Å²) in [4.78, 5) is 33.1. The second-order valence-corrected chi connectivity index (χ2v) is 19.2. The van der Waals surface area contributed by atoms with E-state index in [1.807, 2.05) is 87.1 Å². The summed E-state index contributed by atoms with van der Waals surface area (Å²) >= 11 is 0. The minimum atomic E-state index is -1.91. The van der Waals surface area contributed by atoms with Crippen molar-refractivity contribution in [3.63, 3.8) is 0 Å². The van der Waals surface area contributed by atoms with Crippen LogP contribution in [0.1, 0.15) is 106 Å². The molecule has 2 heterocycles. The fourth-order valence-electron chi connectivity index (χ4n) is 9.85. The maximum atomic E-state index is 13.8. The number of nitrogens with one attached hydrogen (secondary N) is 1. The Morgan fingerprint density at radius 3 is 2.35 bits per heavy atom. The number of carbonyl (C=O) groups excluding carboxylic acids is 2. The molecule has 63 heavy (non-hydrogen) atoms. The highest BCUT2D eigenvalue weighted by Gasteiger charge is 2.50. The summed E-state index contributed by atoms with van der Waals surface area (Å²) in [6.07, 6.45) is -6.14. The van der Waals surface area contributed by atoms with Gasteiger partial charge in [-0.05, 0) is 104 Å². The predicted molar refractivity (Wildman–Crippen MR) is 241 cm³/mol. The minimum absolute atomic E-state index is 0.133. The van der Waals surface area contributed by atoms with Gasteiger partial charge in [0, 0.05) is 44.2 Å². The van der Waals surface area contributed by atoms with E-state index in [0.717, 1.165) is 16.3 Å². The van der Waals surface area contributed by atoms with E-state index in [4.69, 9.17) is 14.2 Å². The smallest absolute Gasteiger partial charge is 0.317 e. The first-order valence-corrected chi connectivity index (χ1v) is 22.9. The number of hydrogen-bond donors (Lipinski definition) is 6. The zero-order valence-electron chi connectivity index (χ0n) is 39.5. The Morgan fingerprint density at radius 2 is 1.70 bits per heavy atom. The molecule has 4 rings (SSSR count). The summed E-state index contributed by atoms with van der Waals surface area (Å²) < 4.78 is 18.6. The predicted octanol–water partition coefficient (Wildman–Crippen LogP) is 4.58. The Kier molecular flexibility index (Phi) is 18.8. The van der Waals surface area contributed by atoms with Crippen LogP contribution in [0.2, 0.25) is 0 Å². The van der Waals surface area contributed by atoms with E-state index in [9.17, 15) is 40.4 Å². The average molecular weight is 884 g/mol. The first-order valence-electron chi connectivity index (χ1n) is 22.9. The molecule has 15 atom stereocenters. The SMILES string of the molecule is CC[C@H]1OC(=O)[C@H](C)[C@@H](O)[C@H](C)[C@@H](O[C@@H]2O[C@H](C)C[C@H](N(C)C)[C@H]2O)[C@](C)(O)C[C@@H](C)CN(CCCN(CCC#N)C(=O)NC(C)c2cccc3ccccc23)[C@H](C)[C@@H](O)[C@]1(C)O. The zero-order chi connectivity index (χ0) is 47.0. The number of carbonyl (C=O) groups is 2. The molecular weight excluding hydrogens is 807 g/mol. The van der Waals surface area contributed by atoms with Crippen molar-refractivity contribution in [2.45, 2.75) is 167 Å². The van der Waals surface area contributed by atoms with Crippen LogP contribution < -0.4 is 5.32 Å². The lowest BCUT2D eigenvalue weighted by atomic mass is 9.78. The molecule has 0 radical (unpaired) electrons. The van der Waals surface area contributed by atoms with E-state index >= 15 is 0 Å². The number of esters is 1. The number of fused-ring (bicyclic) bond motifs is 1. The quantitative estimate of drug-likeness (QED) is 0.162. The lowest BCUT2D eigenvalue weighted by molar-refractivity contribution is -0.299. The van der Waals surface area contributed by atoms with Crippen LogP contribution in [0.4, 0.5) is 4.79 Å². The Hall–Kier alpha value is -3.43. The number of urea groups is 1. The lowest BCUT2D eigenvalue weighted by Gasteiger charge is -2.46. The monoisotopic (exact) mass is 884 g/mol. The van der Waals surface area contributed by atoms with E-state index in [1.54, 1.807) is 32.6 Å². The van der Waals surface area contributed by atoms with Gasteiger partial charge in [0.15, 0.2) is 6.29 Å². The van der Waals surface area contributed by atoms with Gasteiger partial charge in [0.2, 0.25) is 0 Å². The van der Waals surface area contributed by atoms with Crippen LogP contribution in [0.25, 0.3) is 10.8 Å². The van der Waals surface area contributed by atoms with Crippen LogP contribution in [-0.4, -0.2) is 159 Å². The number of rotatable bonds is 12. The number of nitriles is 1. The van der Waals surface area contributed by atoms with Gasteiger partial charge in [0.05, 0.1) is 48.4 Å². The molecule has 15 heteroatoms. The van der Waals surface area contributed by atoms with Crippen LogP contribution in [0.5, 0.6) is 0 Å². The van der Waals surface area contributed by atoms with Crippen LogP contribution in [-0.2, 0) is 19.0 Å². The highest BCUT2D eigenvalue weighted by molar-refractivity contribution is 5.86. The fraction of sp³-hybridized carbons (Fsp3) is 0.729. The van der Waals surface area contributed by atoms with Gasteiger partial charge in [0.25, 0.3) is 0 Å². The second kappa shape index (κ2) is 22.7. The Balaban J connectivity index is 1.64. The molecule has 2 aromatic rings. The number of benzene rings is 2. The van der Waals surface area contributed by atoms with Gasteiger partial charge in [-0.25, -0.2) is 4.79 Å². The highest BCUT2D eigenvalue weighted by Crippen LogP contribution is 2.37. The van der Waals surface area contributed by atoms with Crippen LogP contribution in [0.3, 0.4) is 0 Å². The van der Waals surface area contributed by atoms with Crippen LogP contribution >= 0.6 is 0 Å². The number of nitrogens with zero attached hydrogens (tertiary/aromatic N) is 4. The molecule has 2 aliphatic rings. The number of hydrogen-bond acceptors (Lipinski definition) is 13. The molecule has 0 spiro atoms. The second-order valence-electron chi connectivity index (χ2n) is 19.2. The van der Waals surface area contributed by atoms with Crippen molar-refractivity contribution in [2.75, 3.05) is 40.3 Å². The molecule has 0 saturated carbocycles. The third-order valence-electron chi connectivity index (χ3n) is 13.6. The van der Waals surface area contributed by atoms with Gasteiger partial charge in [0.1, 0.15) is 23.9 Å². The molecule has 0 aliphatic carbocycles. The van der Waals surface area contributed by atoms with Gasteiger partial charge < -0.3 is 54.9 Å². The largest absolute Gasteiger partial charge is 0.459 e. The molecule has 2 saturated heterocycles. The van der Waals surface area contributed by atoms with Crippen molar-refractivity contribution in [2.24, 2.45) is 17.8 Å². The summed E-state index contributed by atoms with van der Waals surface area (Å²) in [5.41, 5.74) is -2.58. The van der Waals surface area contributed by atoms with Gasteiger partial charge >= 0.3 is 12.0 Å². The molecule has 2 amide bonds. The average Bonchev–Trinajstić information content (AvgIpc) is 3.23. The molecule has 0 bridgehead atoms. The summed E-state index contributed by atoms with van der Waals surface area (Å²) in [7, 11) is 3.73. The maximum Gasteiger partial charge on any atom is 0.317 e. The topological polar surface area (TPSA) is 209 Å². The maximum absolute atomic E-state index is 13.8. The van der Waals surface area contributed by atoms with Crippen molar-refractivity contribution < 1.29 is 49.3 Å². The van der Waals surface area contributed by atoms with Crippen molar-refractivity contribution >= 4 is 22.8 Å². The summed E-state index contributed by atoms with van der Waals surface area (Å²) in [6.45, 7) is 16.7. The Morgan fingerprint density at radius 1 is 1.03 bits per heavy atom. The van der Waals surface area contributed by atoms with E-state index in [2.05, 4.69) is 11.4 Å². The van der Waals surface area contributed by atoms with Gasteiger partial charge in [-0.1, -0.05) is 63.2 Å². The molecule has 2 aliphatic heterocycles. The standard InChI is InChI=1S/C48H77N5O10/c1-12-39-48(9,60)42(56)34(7)53(25-17-24-52(23-16-22-49)46(58)50-33(6)36-21-15-19-35-18-13-14-20-37(35)36)28-29(2)27-47(8,59)43(31(4)40(54)32(5)44(57)62-39)63-45-41(55)38(51(10)11)26-30(3)61-45/h13-15,18-21,29-34,38-43,45,54-56,59-60H,12,16-17,23-28H2,1-11H3,(H,50,58)/t29-,30-,31+,32-,33?,34-,38+,39-,40+,41-,42-,43-,45+,47-,48-/m1/s1. The Bertz CT molecular complexity index is 1820. The number of likely N-dealkylation sites (N-methyl/N-ethyl adjacent to an activating group) is 1. The van der Waals surface area contributed by atoms with Crippen LogP contribution in [0, 0.1) is 29.1 Å². The van der Waals surface area contributed by atoms with E-state index < -0.39 is 71.9 Å². The summed E-state index contributed by atoms with van der Waals surface area (Å²) in [6, 6.07) is 14.5. The molecule has 2 fully saturated rings. The van der Waals surface area contributed by atoms with Gasteiger partial charge in [-0.15, -0.1) is 0 Å². The minimum Gasteiger partial charge on any atom is -0.459 e.